The van der Waals surface area contributed by atoms with Crippen LogP contribution < -0.4 is 5.73 Å². The Hall–Kier alpha value is -1.65. The number of rotatable bonds is 7. The highest BCUT2D eigenvalue weighted by atomic mass is 28.3. The third-order valence-electron chi connectivity index (χ3n) is 4.53. The van der Waals surface area contributed by atoms with Crippen molar-refractivity contribution in [2.45, 2.75) is 70.4 Å². The molecule has 24 heavy (non-hydrogen) atoms. The largest absolute Gasteiger partial charge is 0.365 e. The maximum absolute atomic E-state index is 11.9. The van der Waals surface area contributed by atoms with Crippen LogP contribution in [0.4, 0.5) is 0 Å². The number of amides is 1. The zero-order chi connectivity index (χ0) is 17.7. The topological polar surface area (TPSA) is 93.9 Å². The van der Waals surface area contributed by atoms with Gasteiger partial charge in [0.2, 0.25) is 0 Å². The fraction of sp³-hybridized carbons (Fsp3) is 0.706. The van der Waals surface area contributed by atoms with Gasteiger partial charge in [-0.05, 0) is 18.9 Å². The Morgan fingerprint density at radius 2 is 2.04 bits per heavy atom. The molecule has 0 aliphatic heterocycles. The van der Waals surface area contributed by atoms with E-state index < -0.39 is 14.0 Å². The average molecular weight is 349 g/mol. The summed E-state index contributed by atoms with van der Waals surface area (Å²) in [6.07, 6.45) is 5.47. The molecule has 1 heterocycles. The molecule has 1 aliphatic carbocycles. The molecule has 1 amide bonds. The van der Waals surface area contributed by atoms with Crippen LogP contribution in [0.5, 0.6) is 0 Å². The highest BCUT2D eigenvalue weighted by Gasteiger charge is 2.28. The summed E-state index contributed by atoms with van der Waals surface area (Å²) in [4.78, 5) is 11.9. The number of nitrogens with zero attached hydrogens (tertiary/aromatic N) is 3. The van der Waals surface area contributed by atoms with Gasteiger partial charge < -0.3 is 10.5 Å². The number of hydrogen-bond acceptors (Lipinski definition) is 4. The Kier molecular flexibility index (Phi) is 6.19. The van der Waals surface area contributed by atoms with Gasteiger partial charge in [-0.25, -0.2) is 4.68 Å². The van der Waals surface area contributed by atoms with Crippen molar-refractivity contribution in [2.75, 3.05) is 6.61 Å². The lowest BCUT2D eigenvalue weighted by molar-refractivity contribution is 0.0774. The lowest BCUT2D eigenvalue weighted by atomic mass is 9.85. The first-order chi connectivity index (χ1) is 11.3. The van der Waals surface area contributed by atoms with Crippen LogP contribution in [0.3, 0.4) is 0 Å². The van der Waals surface area contributed by atoms with Gasteiger partial charge in [0.1, 0.15) is 12.8 Å². The van der Waals surface area contributed by atoms with E-state index in [1.807, 2.05) is 0 Å². The highest BCUT2D eigenvalue weighted by molar-refractivity contribution is 6.76. The van der Waals surface area contributed by atoms with Gasteiger partial charge in [-0.2, -0.15) is 10.4 Å². The highest BCUT2D eigenvalue weighted by Crippen LogP contribution is 2.34. The molecule has 0 aromatic carbocycles. The molecule has 132 valence electrons. The number of hydrogen-bond donors (Lipinski definition) is 1. The summed E-state index contributed by atoms with van der Waals surface area (Å²) < 4.78 is 7.21. The summed E-state index contributed by atoms with van der Waals surface area (Å²) in [5, 5.41) is 14.0. The Labute approximate surface area is 145 Å². The van der Waals surface area contributed by atoms with Crippen LogP contribution in [-0.2, 0) is 11.5 Å². The van der Waals surface area contributed by atoms with Crippen LogP contribution in [0.2, 0.25) is 25.7 Å². The molecule has 0 unspecified atom stereocenters. The van der Waals surface area contributed by atoms with E-state index in [1.54, 1.807) is 0 Å². The first-order valence-electron chi connectivity index (χ1n) is 8.72. The van der Waals surface area contributed by atoms with Gasteiger partial charge in [0.25, 0.3) is 5.91 Å². The second-order valence-electron chi connectivity index (χ2n) is 7.77. The van der Waals surface area contributed by atoms with E-state index in [-0.39, 0.29) is 23.9 Å². The number of ether oxygens (including phenoxy) is 1. The normalized spacial score (nSPS) is 16.1. The molecule has 1 saturated carbocycles. The summed E-state index contributed by atoms with van der Waals surface area (Å²) in [5.74, 6) is -0.350. The van der Waals surface area contributed by atoms with Crippen LogP contribution in [0.15, 0.2) is 0 Å². The minimum atomic E-state index is -1.16. The maximum atomic E-state index is 11.9. The second-order valence-corrected chi connectivity index (χ2v) is 13.4. The number of carbonyl (C=O) groups excluding carboxylic acids is 1. The molecule has 0 bridgehead atoms. The van der Waals surface area contributed by atoms with Crippen molar-refractivity contribution in [2.24, 2.45) is 5.73 Å². The molecule has 2 rings (SSSR count). The molecule has 7 heteroatoms. The number of nitriles is 1. The van der Waals surface area contributed by atoms with E-state index in [0.29, 0.717) is 12.3 Å². The van der Waals surface area contributed by atoms with Crippen molar-refractivity contribution in [1.29, 1.82) is 5.26 Å². The van der Waals surface area contributed by atoms with Crippen molar-refractivity contribution in [3.05, 3.63) is 17.0 Å². The van der Waals surface area contributed by atoms with Gasteiger partial charge in [-0.1, -0.05) is 38.9 Å². The Morgan fingerprint density at radius 1 is 1.38 bits per heavy atom. The molecule has 0 atom stereocenters. The molecular formula is C17H28N4O2Si. The fourth-order valence-electron chi connectivity index (χ4n) is 3.12. The third kappa shape index (κ3) is 4.68. The number of aromatic nitrogens is 2. The minimum absolute atomic E-state index is 0.195. The van der Waals surface area contributed by atoms with E-state index in [4.69, 9.17) is 10.5 Å². The molecule has 1 fully saturated rings. The Morgan fingerprint density at radius 3 is 2.58 bits per heavy atom. The SMILES string of the molecule is C[Si](C)(C)CCOCn1nc(C2CCCCC2)c(C(N)=O)c1C#N. The van der Waals surface area contributed by atoms with E-state index in [0.717, 1.165) is 31.7 Å². The van der Waals surface area contributed by atoms with Crippen LogP contribution in [0.1, 0.15) is 59.8 Å². The predicted molar refractivity (Wildman–Crippen MR) is 95.4 cm³/mol. The number of nitrogens with two attached hydrogens (primary N) is 1. The van der Waals surface area contributed by atoms with Gasteiger partial charge in [0, 0.05) is 20.6 Å². The van der Waals surface area contributed by atoms with E-state index >= 15 is 0 Å². The Bertz CT molecular complexity index is 622. The molecule has 1 aromatic rings. The zero-order valence-corrected chi connectivity index (χ0v) is 16.0. The van der Waals surface area contributed by atoms with Gasteiger partial charge in [0.15, 0.2) is 5.69 Å². The monoisotopic (exact) mass is 348 g/mol. The summed E-state index contributed by atoms with van der Waals surface area (Å²) in [5.41, 5.74) is 6.75. The third-order valence-corrected chi connectivity index (χ3v) is 6.24. The lowest BCUT2D eigenvalue weighted by Gasteiger charge is -2.20. The number of carbonyl (C=O) groups is 1. The van der Waals surface area contributed by atoms with Gasteiger partial charge in [-0.3, -0.25) is 4.79 Å². The van der Waals surface area contributed by atoms with Gasteiger partial charge in [-0.15, -0.1) is 0 Å². The molecule has 0 spiro atoms. The smallest absolute Gasteiger partial charge is 0.253 e. The first-order valence-corrected chi connectivity index (χ1v) is 12.4. The number of primary amides is 1. The van der Waals surface area contributed by atoms with Crippen LogP contribution in [-0.4, -0.2) is 30.4 Å². The van der Waals surface area contributed by atoms with Crippen molar-refractivity contribution in [3.63, 3.8) is 0 Å². The second kappa shape index (κ2) is 7.95. The van der Waals surface area contributed by atoms with E-state index in [2.05, 4.69) is 30.8 Å². The maximum Gasteiger partial charge on any atom is 0.253 e. The standard InChI is InChI=1S/C17H28N4O2Si/c1-24(2,3)10-9-23-12-21-14(11-18)15(17(19)22)16(20-21)13-7-5-4-6-8-13/h13H,4-10,12H2,1-3H3,(H2,19,22). The average Bonchev–Trinajstić information content (AvgIpc) is 2.90. The summed E-state index contributed by atoms with van der Waals surface area (Å²) in [7, 11) is -1.16. The van der Waals surface area contributed by atoms with Crippen LogP contribution >= 0.6 is 0 Å². The Balaban J connectivity index is 2.18. The first kappa shape index (κ1) is 18.7. The lowest BCUT2D eigenvalue weighted by Crippen LogP contribution is -2.22. The van der Waals surface area contributed by atoms with Crippen molar-refractivity contribution >= 4 is 14.0 Å². The molecule has 2 N–H and O–H groups in total. The molecule has 1 aliphatic rings. The predicted octanol–water partition coefficient (Wildman–Crippen LogP) is 3.21. The van der Waals surface area contributed by atoms with Crippen molar-refractivity contribution in [3.8, 4) is 6.07 Å². The minimum Gasteiger partial charge on any atom is -0.365 e. The fourth-order valence-corrected chi connectivity index (χ4v) is 3.88. The van der Waals surface area contributed by atoms with E-state index in [1.165, 1.54) is 11.1 Å². The van der Waals surface area contributed by atoms with Crippen molar-refractivity contribution in [1.82, 2.24) is 9.78 Å². The molecule has 6 nitrogen and oxygen atoms in total. The summed E-state index contributed by atoms with van der Waals surface area (Å²) in [6.45, 7) is 7.71. The van der Waals surface area contributed by atoms with E-state index in [9.17, 15) is 10.1 Å². The van der Waals surface area contributed by atoms with Crippen LogP contribution in [0.25, 0.3) is 0 Å². The molecule has 1 aromatic heterocycles. The quantitative estimate of drug-likeness (QED) is 0.604. The molecular weight excluding hydrogens is 320 g/mol. The molecule has 0 saturated heterocycles. The molecule has 0 radical (unpaired) electrons. The van der Waals surface area contributed by atoms with Crippen LogP contribution in [0, 0.1) is 11.3 Å². The summed E-state index contributed by atoms with van der Waals surface area (Å²) >= 11 is 0. The van der Waals surface area contributed by atoms with Crippen molar-refractivity contribution < 1.29 is 9.53 Å². The summed E-state index contributed by atoms with van der Waals surface area (Å²) in [6, 6.07) is 3.14. The van der Waals surface area contributed by atoms with Gasteiger partial charge in [0.05, 0.1) is 11.3 Å². The zero-order valence-electron chi connectivity index (χ0n) is 15.0. The van der Waals surface area contributed by atoms with Gasteiger partial charge >= 0.3 is 0 Å².